The Hall–Kier alpha value is -3.48. The van der Waals surface area contributed by atoms with E-state index in [1.54, 1.807) is 55.5 Å². The van der Waals surface area contributed by atoms with E-state index in [4.69, 9.17) is 0 Å². The summed E-state index contributed by atoms with van der Waals surface area (Å²) in [6.07, 6.45) is 1.86. The van der Waals surface area contributed by atoms with Gasteiger partial charge in [0.25, 0.3) is 5.91 Å². The Kier molecular flexibility index (Phi) is 6.61. The predicted molar refractivity (Wildman–Crippen MR) is 101 cm³/mol. The summed E-state index contributed by atoms with van der Waals surface area (Å²) >= 11 is 0. The molecule has 0 heterocycles. The van der Waals surface area contributed by atoms with Gasteiger partial charge in [-0.2, -0.15) is 5.10 Å². The van der Waals surface area contributed by atoms with E-state index in [2.05, 4.69) is 21.2 Å². The Morgan fingerprint density at radius 3 is 2.38 bits per heavy atom. The molecule has 0 fully saturated rings. The van der Waals surface area contributed by atoms with Gasteiger partial charge in [-0.3, -0.25) is 14.4 Å². The zero-order valence-corrected chi connectivity index (χ0v) is 14.6. The van der Waals surface area contributed by atoms with Gasteiger partial charge in [-0.25, -0.2) is 5.43 Å². The number of hydrogen-bond donors (Lipinski definition) is 3. The van der Waals surface area contributed by atoms with Gasteiger partial charge in [-0.05, 0) is 35.9 Å². The number of benzene rings is 2. The Morgan fingerprint density at radius 1 is 1.00 bits per heavy atom. The molecule has 0 spiro atoms. The monoisotopic (exact) mass is 352 g/mol. The van der Waals surface area contributed by atoms with Crippen LogP contribution in [-0.2, 0) is 9.59 Å². The maximum atomic E-state index is 12.1. The third-order valence-electron chi connectivity index (χ3n) is 3.34. The summed E-state index contributed by atoms with van der Waals surface area (Å²) in [4.78, 5) is 34.5. The van der Waals surface area contributed by atoms with E-state index in [0.29, 0.717) is 23.4 Å². The smallest absolute Gasteiger partial charge is 0.271 e. The first kappa shape index (κ1) is 18.9. The molecule has 2 rings (SSSR count). The van der Waals surface area contributed by atoms with Crippen molar-refractivity contribution in [2.45, 2.75) is 20.3 Å². The quantitative estimate of drug-likeness (QED) is 0.550. The Morgan fingerprint density at radius 2 is 1.73 bits per heavy atom. The summed E-state index contributed by atoms with van der Waals surface area (Å²) in [6, 6.07) is 13.6. The average Bonchev–Trinajstić information content (AvgIpc) is 2.62. The molecule has 0 bridgehead atoms. The largest absolute Gasteiger partial charge is 0.326 e. The van der Waals surface area contributed by atoms with Gasteiger partial charge in [0.05, 0.1) is 6.21 Å². The summed E-state index contributed by atoms with van der Waals surface area (Å²) < 4.78 is 0. The molecule has 134 valence electrons. The highest BCUT2D eigenvalue weighted by molar-refractivity contribution is 5.97. The first-order valence-corrected chi connectivity index (χ1v) is 8.09. The second-order valence-electron chi connectivity index (χ2n) is 5.48. The Labute approximate surface area is 151 Å². The molecule has 26 heavy (non-hydrogen) atoms. The molecule has 0 aliphatic rings. The van der Waals surface area contributed by atoms with Crippen LogP contribution < -0.4 is 16.1 Å². The minimum Gasteiger partial charge on any atom is -0.326 e. The van der Waals surface area contributed by atoms with E-state index in [0.717, 1.165) is 5.56 Å². The van der Waals surface area contributed by atoms with Gasteiger partial charge >= 0.3 is 0 Å². The second-order valence-corrected chi connectivity index (χ2v) is 5.48. The fraction of sp³-hybridized carbons (Fsp3) is 0.158. The zero-order chi connectivity index (χ0) is 18.9. The van der Waals surface area contributed by atoms with Crippen molar-refractivity contribution in [2.75, 3.05) is 10.6 Å². The van der Waals surface area contributed by atoms with Gasteiger partial charge in [0.15, 0.2) is 0 Å². The van der Waals surface area contributed by atoms with Crippen LogP contribution in [0, 0.1) is 0 Å². The van der Waals surface area contributed by atoms with Crippen molar-refractivity contribution in [2.24, 2.45) is 5.10 Å². The van der Waals surface area contributed by atoms with E-state index in [1.165, 1.54) is 13.1 Å². The molecule has 0 aliphatic carbocycles. The van der Waals surface area contributed by atoms with Crippen LogP contribution in [0.3, 0.4) is 0 Å². The molecule has 0 atom stereocenters. The molecule has 0 aliphatic heterocycles. The lowest BCUT2D eigenvalue weighted by Crippen LogP contribution is -2.18. The van der Waals surface area contributed by atoms with Crippen molar-refractivity contribution in [1.29, 1.82) is 0 Å². The third-order valence-corrected chi connectivity index (χ3v) is 3.34. The van der Waals surface area contributed by atoms with Gasteiger partial charge in [0.2, 0.25) is 11.8 Å². The second kappa shape index (κ2) is 9.12. The van der Waals surface area contributed by atoms with Crippen molar-refractivity contribution in [3.63, 3.8) is 0 Å². The lowest BCUT2D eigenvalue weighted by Gasteiger charge is -2.05. The summed E-state index contributed by atoms with van der Waals surface area (Å²) in [5, 5.41) is 9.28. The topological polar surface area (TPSA) is 99.7 Å². The van der Waals surface area contributed by atoms with Gasteiger partial charge in [-0.15, -0.1) is 0 Å². The normalized spacial score (nSPS) is 10.4. The molecule has 3 amide bonds. The SMILES string of the molecule is CCC(=O)Nc1cccc(C(=O)NN=Cc2ccc(NC(C)=O)cc2)c1. The molecule has 2 aromatic carbocycles. The molecule has 2 aromatic rings. The summed E-state index contributed by atoms with van der Waals surface area (Å²) in [5.41, 5.74) is 4.83. The van der Waals surface area contributed by atoms with Crippen LogP contribution in [0.1, 0.15) is 36.2 Å². The number of nitrogens with one attached hydrogen (secondary N) is 3. The standard InChI is InChI=1S/C19H20N4O3/c1-3-18(25)22-17-6-4-5-15(11-17)19(26)23-20-12-14-7-9-16(10-8-14)21-13(2)24/h4-12H,3H2,1-2H3,(H,21,24)(H,22,25)(H,23,26). The highest BCUT2D eigenvalue weighted by atomic mass is 16.2. The number of hydrazone groups is 1. The van der Waals surface area contributed by atoms with Crippen LogP contribution in [0.25, 0.3) is 0 Å². The summed E-state index contributed by atoms with van der Waals surface area (Å²) in [6.45, 7) is 3.19. The van der Waals surface area contributed by atoms with Crippen LogP contribution in [-0.4, -0.2) is 23.9 Å². The van der Waals surface area contributed by atoms with E-state index < -0.39 is 0 Å². The minimum absolute atomic E-state index is 0.122. The minimum atomic E-state index is -0.385. The van der Waals surface area contributed by atoms with Crippen molar-refractivity contribution in [1.82, 2.24) is 5.43 Å². The predicted octanol–water partition coefficient (Wildman–Crippen LogP) is 2.76. The highest BCUT2D eigenvalue weighted by Gasteiger charge is 2.06. The van der Waals surface area contributed by atoms with Crippen LogP contribution in [0.2, 0.25) is 0 Å². The average molecular weight is 352 g/mol. The molecule has 0 aromatic heterocycles. The lowest BCUT2D eigenvalue weighted by atomic mass is 10.2. The van der Waals surface area contributed by atoms with Gasteiger partial charge in [0, 0.05) is 30.3 Å². The molecule has 0 saturated heterocycles. The van der Waals surface area contributed by atoms with Crippen molar-refractivity contribution in [3.05, 3.63) is 59.7 Å². The van der Waals surface area contributed by atoms with E-state index in [1.807, 2.05) is 0 Å². The van der Waals surface area contributed by atoms with Crippen LogP contribution in [0.15, 0.2) is 53.6 Å². The van der Waals surface area contributed by atoms with Gasteiger partial charge in [0.1, 0.15) is 0 Å². The molecule has 0 unspecified atom stereocenters. The molecule has 3 N–H and O–H groups in total. The third kappa shape index (κ3) is 5.86. The Bertz CT molecular complexity index is 829. The van der Waals surface area contributed by atoms with Crippen molar-refractivity contribution >= 4 is 35.3 Å². The zero-order valence-electron chi connectivity index (χ0n) is 14.6. The fourth-order valence-electron chi connectivity index (χ4n) is 2.07. The first-order chi connectivity index (χ1) is 12.5. The maximum absolute atomic E-state index is 12.1. The van der Waals surface area contributed by atoms with Crippen LogP contribution in [0.4, 0.5) is 11.4 Å². The maximum Gasteiger partial charge on any atom is 0.271 e. The first-order valence-electron chi connectivity index (χ1n) is 8.09. The number of hydrogen-bond acceptors (Lipinski definition) is 4. The highest BCUT2D eigenvalue weighted by Crippen LogP contribution is 2.11. The van der Waals surface area contributed by atoms with E-state index >= 15 is 0 Å². The fourth-order valence-corrected chi connectivity index (χ4v) is 2.07. The number of amides is 3. The number of rotatable bonds is 6. The summed E-state index contributed by atoms with van der Waals surface area (Å²) in [5.74, 6) is -0.650. The number of anilines is 2. The molecular formula is C19H20N4O3. The van der Waals surface area contributed by atoms with E-state index in [-0.39, 0.29) is 17.7 Å². The number of nitrogens with zero attached hydrogens (tertiary/aromatic N) is 1. The molecule has 0 saturated carbocycles. The van der Waals surface area contributed by atoms with Crippen LogP contribution in [0.5, 0.6) is 0 Å². The molecule has 7 heteroatoms. The van der Waals surface area contributed by atoms with Gasteiger partial charge < -0.3 is 10.6 Å². The van der Waals surface area contributed by atoms with Crippen molar-refractivity contribution in [3.8, 4) is 0 Å². The van der Waals surface area contributed by atoms with Crippen LogP contribution >= 0.6 is 0 Å². The van der Waals surface area contributed by atoms with Crippen molar-refractivity contribution < 1.29 is 14.4 Å². The Balaban J connectivity index is 1.95. The number of carbonyl (C=O) groups is 3. The lowest BCUT2D eigenvalue weighted by molar-refractivity contribution is -0.116. The van der Waals surface area contributed by atoms with Gasteiger partial charge in [-0.1, -0.05) is 25.1 Å². The molecular weight excluding hydrogens is 332 g/mol. The molecule has 7 nitrogen and oxygen atoms in total. The number of carbonyl (C=O) groups excluding carboxylic acids is 3. The molecule has 0 radical (unpaired) electrons. The van der Waals surface area contributed by atoms with E-state index in [9.17, 15) is 14.4 Å². The summed E-state index contributed by atoms with van der Waals surface area (Å²) in [7, 11) is 0.